The van der Waals surface area contributed by atoms with Gasteiger partial charge in [-0.1, -0.05) is 65.8 Å². The summed E-state index contributed by atoms with van der Waals surface area (Å²) in [7, 11) is 0. The van der Waals surface area contributed by atoms with Crippen molar-refractivity contribution in [1.82, 2.24) is 20.5 Å². The number of carbonyl (C=O) groups is 1. The summed E-state index contributed by atoms with van der Waals surface area (Å²) >= 11 is 7.11. The molecule has 9 heteroatoms. The van der Waals surface area contributed by atoms with E-state index < -0.39 is 0 Å². The van der Waals surface area contributed by atoms with Crippen LogP contribution in [-0.4, -0.2) is 39.6 Å². The van der Waals surface area contributed by atoms with Crippen LogP contribution in [0.3, 0.4) is 0 Å². The van der Waals surface area contributed by atoms with Crippen molar-refractivity contribution in [2.24, 2.45) is 5.10 Å². The number of H-pyrrole nitrogens is 1. The number of anilines is 1. The van der Waals surface area contributed by atoms with E-state index in [1.54, 1.807) is 6.21 Å². The van der Waals surface area contributed by atoms with Crippen LogP contribution in [0.5, 0.6) is 0 Å². The van der Waals surface area contributed by atoms with Crippen LogP contribution in [0.2, 0.25) is 5.02 Å². The first-order valence-electron chi connectivity index (χ1n) is 8.59. The lowest BCUT2D eigenvalue weighted by molar-refractivity contribution is -0.118. The average molecular weight is 415 g/mol. The molecule has 3 rings (SSSR count). The molecular formula is C19H19ClN6OS. The molecule has 3 aromatic rings. The second-order valence-corrected chi connectivity index (χ2v) is 7.14. The topological polar surface area (TPSA) is 95.1 Å². The Morgan fingerprint density at radius 3 is 2.75 bits per heavy atom. The second-order valence-electron chi connectivity index (χ2n) is 5.76. The molecular weight excluding hydrogens is 396 g/mol. The highest BCUT2D eigenvalue weighted by molar-refractivity contribution is 7.99. The molecule has 0 spiro atoms. The van der Waals surface area contributed by atoms with Gasteiger partial charge in [-0.3, -0.25) is 4.79 Å². The summed E-state index contributed by atoms with van der Waals surface area (Å²) in [6.45, 7) is 0.566. The lowest BCUT2D eigenvalue weighted by atomic mass is 10.1. The van der Waals surface area contributed by atoms with Crippen LogP contribution in [0.1, 0.15) is 11.1 Å². The molecule has 1 aromatic heterocycles. The molecule has 2 aromatic carbocycles. The number of thioether (sulfide) groups is 1. The maximum absolute atomic E-state index is 11.9. The number of aromatic nitrogens is 3. The third-order valence-electron chi connectivity index (χ3n) is 3.63. The van der Waals surface area contributed by atoms with E-state index in [-0.39, 0.29) is 11.7 Å². The smallest absolute Gasteiger partial charge is 0.240 e. The summed E-state index contributed by atoms with van der Waals surface area (Å²) in [5, 5.41) is 14.9. The van der Waals surface area contributed by atoms with Crippen LogP contribution in [0.4, 0.5) is 5.95 Å². The average Bonchev–Trinajstić information content (AvgIpc) is 3.17. The third-order valence-corrected chi connectivity index (χ3v) is 4.73. The van der Waals surface area contributed by atoms with E-state index in [0.717, 1.165) is 17.5 Å². The van der Waals surface area contributed by atoms with Crippen molar-refractivity contribution in [3.05, 3.63) is 70.7 Å². The van der Waals surface area contributed by atoms with Crippen molar-refractivity contribution in [3.8, 4) is 0 Å². The molecule has 1 amide bonds. The first kappa shape index (κ1) is 19.9. The molecule has 0 fully saturated rings. The molecule has 0 radical (unpaired) electrons. The zero-order valence-corrected chi connectivity index (χ0v) is 16.5. The molecule has 0 aliphatic heterocycles. The summed E-state index contributed by atoms with van der Waals surface area (Å²) in [6.07, 6.45) is 2.44. The molecule has 144 valence electrons. The zero-order chi connectivity index (χ0) is 19.6. The molecule has 0 atom stereocenters. The van der Waals surface area contributed by atoms with Crippen molar-refractivity contribution in [3.63, 3.8) is 0 Å². The van der Waals surface area contributed by atoms with E-state index in [1.165, 1.54) is 11.8 Å². The standard InChI is InChI=1S/C19H19ClN6OS/c20-16-8-6-14(7-9-16)10-11-21-17(27)13-28-19-23-18(25-26-19)24-22-12-15-4-2-1-3-5-15/h1-9,12H,10-11,13H2,(H,21,27)(H2,23,24,25,26)/b22-12-. The maximum atomic E-state index is 11.9. The Morgan fingerprint density at radius 2 is 1.96 bits per heavy atom. The van der Waals surface area contributed by atoms with Crippen LogP contribution < -0.4 is 10.7 Å². The minimum atomic E-state index is -0.0691. The molecule has 3 N–H and O–H groups in total. The summed E-state index contributed by atoms with van der Waals surface area (Å²) in [4.78, 5) is 16.2. The molecule has 7 nitrogen and oxygen atoms in total. The van der Waals surface area contributed by atoms with Gasteiger partial charge in [0.1, 0.15) is 0 Å². The number of carbonyl (C=O) groups excluding carboxylic acids is 1. The van der Waals surface area contributed by atoms with Gasteiger partial charge in [0, 0.05) is 11.6 Å². The fourth-order valence-electron chi connectivity index (χ4n) is 2.25. The predicted molar refractivity (Wildman–Crippen MR) is 113 cm³/mol. The second kappa shape index (κ2) is 10.5. The number of benzene rings is 2. The monoisotopic (exact) mass is 414 g/mol. The molecule has 1 heterocycles. The predicted octanol–water partition coefficient (Wildman–Crippen LogP) is 3.36. The first-order valence-corrected chi connectivity index (χ1v) is 9.96. The Hall–Kier alpha value is -2.84. The van der Waals surface area contributed by atoms with E-state index in [0.29, 0.717) is 22.7 Å². The van der Waals surface area contributed by atoms with Gasteiger partial charge in [-0.25, -0.2) is 10.5 Å². The van der Waals surface area contributed by atoms with Gasteiger partial charge in [-0.2, -0.15) is 10.1 Å². The van der Waals surface area contributed by atoms with E-state index in [4.69, 9.17) is 11.6 Å². The third kappa shape index (κ3) is 6.71. The summed E-state index contributed by atoms with van der Waals surface area (Å²) in [5.74, 6) is 0.587. The molecule has 28 heavy (non-hydrogen) atoms. The number of amides is 1. The molecule has 0 saturated heterocycles. The van der Waals surface area contributed by atoms with Crippen molar-refractivity contribution in [2.45, 2.75) is 11.6 Å². The van der Waals surface area contributed by atoms with E-state index in [2.05, 4.69) is 31.0 Å². The van der Waals surface area contributed by atoms with Crippen molar-refractivity contribution >= 4 is 41.4 Å². The van der Waals surface area contributed by atoms with Gasteiger partial charge >= 0.3 is 0 Å². The lowest BCUT2D eigenvalue weighted by Gasteiger charge is -2.04. The Bertz CT molecular complexity index is 914. The summed E-state index contributed by atoms with van der Waals surface area (Å²) in [5.41, 5.74) is 4.87. The van der Waals surface area contributed by atoms with Gasteiger partial charge in [0.05, 0.1) is 12.0 Å². The minimum Gasteiger partial charge on any atom is -0.355 e. The highest BCUT2D eigenvalue weighted by atomic mass is 35.5. The fraction of sp³-hybridized carbons (Fsp3) is 0.158. The van der Waals surface area contributed by atoms with Gasteiger partial charge in [-0.15, -0.1) is 5.10 Å². The quantitative estimate of drug-likeness (QED) is 0.283. The van der Waals surface area contributed by atoms with E-state index in [9.17, 15) is 4.79 Å². The van der Waals surface area contributed by atoms with Gasteiger partial charge in [-0.05, 0) is 29.7 Å². The highest BCUT2D eigenvalue weighted by Crippen LogP contribution is 2.13. The van der Waals surface area contributed by atoms with Crippen LogP contribution in [0, 0.1) is 0 Å². The number of nitrogens with one attached hydrogen (secondary N) is 3. The molecule has 0 saturated carbocycles. The van der Waals surface area contributed by atoms with Gasteiger partial charge in [0.25, 0.3) is 0 Å². The minimum absolute atomic E-state index is 0.0691. The Labute approximate surface area is 172 Å². The number of aromatic amines is 1. The first-order chi connectivity index (χ1) is 13.7. The molecule has 0 bridgehead atoms. The Morgan fingerprint density at radius 1 is 1.18 bits per heavy atom. The number of nitrogens with zero attached hydrogens (tertiary/aromatic N) is 3. The lowest BCUT2D eigenvalue weighted by Crippen LogP contribution is -2.27. The van der Waals surface area contributed by atoms with Crippen LogP contribution in [-0.2, 0) is 11.2 Å². The van der Waals surface area contributed by atoms with Crippen molar-refractivity contribution in [2.75, 3.05) is 17.7 Å². The number of halogens is 1. The largest absolute Gasteiger partial charge is 0.355 e. The van der Waals surface area contributed by atoms with Crippen molar-refractivity contribution < 1.29 is 4.79 Å². The number of hydrazone groups is 1. The SMILES string of the molecule is O=C(CSc1n[nH]c(N/N=C\c2ccccc2)n1)NCCc1ccc(Cl)cc1. The van der Waals surface area contributed by atoms with Crippen LogP contribution in [0.15, 0.2) is 64.9 Å². The molecule has 0 aliphatic rings. The fourth-order valence-corrected chi connectivity index (χ4v) is 3.00. The number of hydrogen-bond donors (Lipinski definition) is 3. The highest BCUT2D eigenvalue weighted by Gasteiger charge is 2.07. The molecule has 0 unspecified atom stereocenters. The van der Waals surface area contributed by atoms with Gasteiger partial charge in [0.2, 0.25) is 17.0 Å². The summed E-state index contributed by atoms with van der Waals surface area (Å²) in [6, 6.07) is 17.3. The Balaban J connectivity index is 1.36. The number of hydrogen-bond acceptors (Lipinski definition) is 6. The zero-order valence-electron chi connectivity index (χ0n) is 14.9. The van der Waals surface area contributed by atoms with Crippen LogP contribution in [0.25, 0.3) is 0 Å². The molecule has 0 aliphatic carbocycles. The summed E-state index contributed by atoms with van der Waals surface area (Å²) < 4.78 is 0. The Kier molecular flexibility index (Phi) is 7.45. The van der Waals surface area contributed by atoms with Gasteiger partial charge in [0.15, 0.2) is 0 Å². The number of rotatable bonds is 9. The van der Waals surface area contributed by atoms with Gasteiger partial charge < -0.3 is 5.32 Å². The van der Waals surface area contributed by atoms with E-state index >= 15 is 0 Å². The van der Waals surface area contributed by atoms with Crippen LogP contribution >= 0.6 is 23.4 Å². The normalized spacial score (nSPS) is 10.9. The van der Waals surface area contributed by atoms with Crippen molar-refractivity contribution in [1.29, 1.82) is 0 Å². The van der Waals surface area contributed by atoms with E-state index in [1.807, 2.05) is 54.6 Å². The maximum Gasteiger partial charge on any atom is 0.240 e.